The number of hydrogen-bond donors (Lipinski definition) is 2. The second kappa shape index (κ2) is 5.36. The molecule has 4 heteroatoms. The first-order valence-electron chi connectivity index (χ1n) is 4.84. The number of methoxy groups -OCH3 is 1. The predicted octanol–water partition coefficient (Wildman–Crippen LogP) is 1.42. The van der Waals surface area contributed by atoms with Gasteiger partial charge < -0.3 is 15.8 Å². The normalized spacial score (nSPS) is 10.0. The summed E-state index contributed by atoms with van der Waals surface area (Å²) in [5.41, 5.74) is 8.28. The second-order valence-electron chi connectivity index (χ2n) is 3.25. The molecule has 0 unspecified atom stereocenters. The fourth-order valence-electron chi connectivity index (χ4n) is 1.32. The summed E-state index contributed by atoms with van der Waals surface area (Å²) >= 11 is 0. The minimum Gasteiger partial charge on any atom is -0.398 e. The number of carbonyl (C=O) groups excluding carboxylic acids is 1. The van der Waals surface area contributed by atoms with Crippen LogP contribution in [0.4, 0.5) is 11.4 Å². The molecule has 1 aromatic carbocycles. The van der Waals surface area contributed by atoms with Crippen molar-refractivity contribution in [1.82, 2.24) is 0 Å². The minimum absolute atomic E-state index is 0.0510. The summed E-state index contributed by atoms with van der Waals surface area (Å²) < 4.78 is 4.71. The van der Waals surface area contributed by atoms with E-state index in [-0.39, 0.29) is 12.5 Å². The van der Waals surface area contributed by atoms with Gasteiger partial charge in [-0.25, -0.2) is 0 Å². The smallest absolute Gasteiger partial charge is 0.250 e. The Kier molecular flexibility index (Phi) is 4.12. The minimum atomic E-state index is -0.179. The van der Waals surface area contributed by atoms with Crippen LogP contribution < -0.4 is 11.1 Å². The molecular weight excluding hydrogens is 192 g/mol. The van der Waals surface area contributed by atoms with Crippen LogP contribution in [0, 0.1) is 0 Å². The lowest BCUT2D eigenvalue weighted by atomic mass is 10.1. The van der Waals surface area contributed by atoms with Gasteiger partial charge in [-0.2, -0.15) is 0 Å². The zero-order valence-corrected chi connectivity index (χ0v) is 9.04. The summed E-state index contributed by atoms with van der Waals surface area (Å²) in [6.07, 6.45) is 0.887. The molecule has 0 bridgehead atoms. The number of ether oxygens (including phenoxy) is 1. The first-order valence-corrected chi connectivity index (χ1v) is 4.84. The monoisotopic (exact) mass is 208 g/mol. The quantitative estimate of drug-likeness (QED) is 0.735. The highest BCUT2D eigenvalue weighted by Crippen LogP contribution is 2.18. The maximum absolute atomic E-state index is 11.2. The van der Waals surface area contributed by atoms with Crippen LogP contribution in [0.3, 0.4) is 0 Å². The highest BCUT2D eigenvalue weighted by Gasteiger charge is 2.03. The van der Waals surface area contributed by atoms with Crippen molar-refractivity contribution in [3.63, 3.8) is 0 Å². The highest BCUT2D eigenvalue weighted by atomic mass is 16.5. The molecule has 0 aromatic heterocycles. The number of rotatable bonds is 4. The molecule has 0 aliphatic carbocycles. The first kappa shape index (κ1) is 11.5. The zero-order chi connectivity index (χ0) is 11.3. The van der Waals surface area contributed by atoms with Gasteiger partial charge in [0.25, 0.3) is 0 Å². The van der Waals surface area contributed by atoms with Gasteiger partial charge in [-0.1, -0.05) is 13.0 Å². The highest BCUT2D eigenvalue weighted by molar-refractivity contribution is 5.92. The average Bonchev–Trinajstić information content (AvgIpc) is 2.18. The van der Waals surface area contributed by atoms with E-state index in [1.54, 1.807) is 6.07 Å². The first-order chi connectivity index (χ1) is 7.17. The maximum atomic E-state index is 11.2. The van der Waals surface area contributed by atoms with Gasteiger partial charge >= 0.3 is 0 Å². The Hall–Kier alpha value is -1.55. The van der Waals surface area contributed by atoms with E-state index < -0.39 is 0 Å². The van der Waals surface area contributed by atoms with Gasteiger partial charge in [0.2, 0.25) is 5.91 Å². The average molecular weight is 208 g/mol. The standard InChI is InChI=1S/C11H16N2O2/c1-3-8-4-5-9(6-10(8)12)13-11(14)7-15-2/h4-6H,3,7,12H2,1-2H3,(H,13,14). The van der Waals surface area contributed by atoms with E-state index in [0.29, 0.717) is 11.4 Å². The topological polar surface area (TPSA) is 64.3 Å². The predicted molar refractivity (Wildman–Crippen MR) is 60.7 cm³/mol. The molecule has 15 heavy (non-hydrogen) atoms. The Morgan fingerprint density at radius 2 is 2.27 bits per heavy atom. The summed E-state index contributed by atoms with van der Waals surface area (Å²) in [4.78, 5) is 11.2. The molecule has 1 amide bonds. The van der Waals surface area contributed by atoms with E-state index in [9.17, 15) is 4.79 Å². The van der Waals surface area contributed by atoms with Crippen LogP contribution in [0.25, 0.3) is 0 Å². The van der Waals surface area contributed by atoms with Crippen molar-refractivity contribution < 1.29 is 9.53 Å². The third-order valence-corrected chi connectivity index (χ3v) is 2.09. The molecule has 0 saturated heterocycles. The lowest BCUT2D eigenvalue weighted by molar-refractivity contribution is -0.119. The number of nitrogens with one attached hydrogen (secondary N) is 1. The SMILES string of the molecule is CCc1ccc(NC(=O)COC)cc1N. The summed E-state index contributed by atoms with van der Waals surface area (Å²) in [5, 5.41) is 2.69. The lowest BCUT2D eigenvalue weighted by Crippen LogP contribution is -2.17. The van der Waals surface area contributed by atoms with Crippen molar-refractivity contribution in [2.24, 2.45) is 0 Å². The fourth-order valence-corrected chi connectivity index (χ4v) is 1.32. The van der Waals surface area contributed by atoms with Crippen molar-refractivity contribution in [3.05, 3.63) is 23.8 Å². The summed E-state index contributed by atoms with van der Waals surface area (Å²) in [6, 6.07) is 5.51. The van der Waals surface area contributed by atoms with E-state index >= 15 is 0 Å². The van der Waals surface area contributed by atoms with Gasteiger partial charge in [-0.3, -0.25) is 4.79 Å². The molecule has 0 aliphatic heterocycles. The zero-order valence-electron chi connectivity index (χ0n) is 9.04. The van der Waals surface area contributed by atoms with Gasteiger partial charge in [0.1, 0.15) is 6.61 Å². The lowest BCUT2D eigenvalue weighted by Gasteiger charge is -2.07. The van der Waals surface area contributed by atoms with Gasteiger partial charge in [-0.15, -0.1) is 0 Å². The van der Waals surface area contributed by atoms with Crippen LogP contribution in [0.15, 0.2) is 18.2 Å². The maximum Gasteiger partial charge on any atom is 0.250 e. The molecule has 0 saturated carbocycles. The van der Waals surface area contributed by atoms with Gasteiger partial charge in [0, 0.05) is 18.5 Å². The molecule has 0 radical (unpaired) electrons. The Labute approximate surface area is 89.4 Å². The second-order valence-corrected chi connectivity index (χ2v) is 3.25. The Balaban J connectivity index is 2.71. The van der Waals surface area contributed by atoms with Crippen molar-refractivity contribution in [2.75, 3.05) is 24.8 Å². The number of amides is 1. The summed E-state index contributed by atoms with van der Waals surface area (Å²) in [6.45, 7) is 2.09. The van der Waals surface area contributed by atoms with E-state index in [0.717, 1.165) is 12.0 Å². The van der Waals surface area contributed by atoms with Gasteiger partial charge in [-0.05, 0) is 24.1 Å². The van der Waals surface area contributed by atoms with Crippen molar-refractivity contribution in [2.45, 2.75) is 13.3 Å². The van der Waals surface area contributed by atoms with Crippen LogP contribution in [-0.4, -0.2) is 19.6 Å². The van der Waals surface area contributed by atoms with Crippen molar-refractivity contribution >= 4 is 17.3 Å². The van der Waals surface area contributed by atoms with Gasteiger partial charge in [0.15, 0.2) is 0 Å². The molecule has 0 atom stereocenters. The van der Waals surface area contributed by atoms with E-state index in [2.05, 4.69) is 5.32 Å². The molecule has 0 spiro atoms. The van der Waals surface area contributed by atoms with Crippen molar-refractivity contribution in [1.29, 1.82) is 0 Å². The van der Waals surface area contributed by atoms with E-state index in [4.69, 9.17) is 10.5 Å². The molecule has 0 heterocycles. The number of carbonyl (C=O) groups is 1. The molecule has 0 fully saturated rings. The van der Waals surface area contributed by atoms with Crippen LogP contribution in [-0.2, 0) is 16.0 Å². The van der Waals surface area contributed by atoms with Crippen LogP contribution in [0.5, 0.6) is 0 Å². The van der Waals surface area contributed by atoms with Crippen LogP contribution in [0.1, 0.15) is 12.5 Å². The Morgan fingerprint density at radius 3 is 2.80 bits per heavy atom. The third-order valence-electron chi connectivity index (χ3n) is 2.09. The van der Waals surface area contributed by atoms with Crippen LogP contribution >= 0.6 is 0 Å². The third kappa shape index (κ3) is 3.25. The summed E-state index contributed by atoms with van der Waals surface area (Å²) in [5.74, 6) is -0.179. The Morgan fingerprint density at radius 1 is 1.53 bits per heavy atom. The molecule has 0 aliphatic rings. The molecule has 82 valence electrons. The summed E-state index contributed by atoms with van der Waals surface area (Å²) in [7, 11) is 1.48. The molecule has 4 nitrogen and oxygen atoms in total. The number of hydrogen-bond acceptors (Lipinski definition) is 3. The number of nitrogens with two attached hydrogens (primary N) is 1. The largest absolute Gasteiger partial charge is 0.398 e. The van der Waals surface area contributed by atoms with Gasteiger partial charge in [0.05, 0.1) is 0 Å². The number of nitrogen functional groups attached to an aromatic ring is 1. The van der Waals surface area contributed by atoms with E-state index in [1.165, 1.54) is 7.11 Å². The molecular formula is C11H16N2O2. The molecule has 1 aromatic rings. The fraction of sp³-hybridized carbons (Fsp3) is 0.364. The number of anilines is 2. The molecule has 3 N–H and O–H groups in total. The number of aryl methyl sites for hydroxylation is 1. The van der Waals surface area contributed by atoms with E-state index in [1.807, 2.05) is 19.1 Å². The number of benzene rings is 1. The van der Waals surface area contributed by atoms with Crippen LogP contribution in [0.2, 0.25) is 0 Å². The molecule has 1 rings (SSSR count). The Bertz CT molecular complexity index is 350. The van der Waals surface area contributed by atoms with Crippen molar-refractivity contribution in [3.8, 4) is 0 Å².